The minimum atomic E-state index is -0.566. The fourth-order valence-corrected chi connectivity index (χ4v) is 3.70. The number of nitrogens with zero attached hydrogens (tertiary/aromatic N) is 1. The van der Waals surface area contributed by atoms with Crippen LogP contribution in [0.3, 0.4) is 0 Å². The first-order valence-electron chi connectivity index (χ1n) is 11.0. The smallest absolute Gasteiger partial charge is 0.287 e. The fourth-order valence-electron chi connectivity index (χ4n) is 3.70. The molecule has 0 aliphatic carbocycles. The van der Waals surface area contributed by atoms with E-state index in [-0.39, 0.29) is 12.5 Å². The molecule has 1 aliphatic heterocycles. The highest BCUT2D eigenvalue weighted by Gasteiger charge is 2.17. The summed E-state index contributed by atoms with van der Waals surface area (Å²) >= 11 is 0. The van der Waals surface area contributed by atoms with Crippen LogP contribution in [0.4, 0.5) is 0 Å². The second-order valence-corrected chi connectivity index (χ2v) is 7.76. The van der Waals surface area contributed by atoms with Gasteiger partial charge in [0.05, 0.1) is 6.21 Å². The van der Waals surface area contributed by atoms with Crippen molar-refractivity contribution in [3.63, 3.8) is 0 Å². The highest BCUT2D eigenvalue weighted by Crippen LogP contribution is 2.33. The van der Waals surface area contributed by atoms with Crippen molar-refractivity contribution in [2.45, 2.75) is 0 Å². The summed E-state index contributed by atoms with van der Waals surface area (Å²) in [4.78, 5) is 25.8. The van der Waals surface area contributed by atoms with E-state index in [1.807, 2.05) is 48.5 Å². The van der Waals surface area contributed by atoms with Crippen molar-refractivity contribution in [2.75, 3.05) is 6.79 Å². The van der Waals surface area contributed by atoms with Crippen molar-refractivity contribution in [1.29, 1.82) is 0 Å². The number of nitrogens with one attached hydrogen (secondary N) is 2. The first-order valence-corrected chi connectivity index (χ1v) is 11.0. The van der Waals surface area contributed by atoms with Gasteiger partial charge in [-0.1, -0.05) is 66.7 Å². The molecule has 0 radical (unpaired) electrons. The first kappa shape index (κ1) is 21.9. The summed E-state index contributed by atoms with van der Waals surface area (Å²) in [6.07, 6.45) is 3.14. The topological polar surface area (TPSA) is 89.0 Å². The third-order valence-corrected chi connectivity index (χ3v) is 5.43. The number of ether oxygens (including phenoxy) is 2. The second kappa shape index (κ2) is 9.93. The van der Waals surface area contributed by atoms with Crippen LogP contribution in [0.5, 0.6) is 11.5 Å². The maximum atomic E-state index is 13.0. The molecule has 0 atom stereocenters. The van der Waals surface area contributed by atoms with E-state index in [9.17, 15) is 9.59 Å². The lowest BCUT2D eigenvalue weighted by molar-refractivity contribution is -0.117. The van der Waals surface area contributed by atoms with Gasteiger partial charge in [-0.25, -0.2) is 5.43 Å². The highest BCUT2D eigenvalue weighted by molar-refractivity contribution is 6.06. The molecule has 0 saturated heterocycles. The Morgan fingerprint density at radius 2 is 1.60 bits per heavy atom. The van der Waals surface area contributed by atoms with Gasteiger partial charge in [0.15, 0.2) is 11.5 Å². The van der Waals surface area contributed by atoms with Gasteiger partial charge >= 0.3 is 0 Å². The Labute approximate surface area is 201 Å². The number of carbonyl (C=O) groups excluding carboxylic acids is 2. The molecule has 7 nitrogen and oxygen atoms in total. The van der Waals surface area contributed by atoms with Gasteiger partial charge in [-0.3, -0.25) is 9.59 Å². The molecule has 0 fully saturated rings. The SMILES string of the molecule is O=C(N/N=C\c1cccc2ccccc12)/C(=C\c1ccc2c(c1)OCO2)NC(=O)c1ccccc1. The lowest BCUT2D eigenvalue weighted by Gasteiger charge is -2.09. The van der Waals surface area contributed by atoms with E-state index in [0.29, 0.717) is 22.6 Å². The molecule has 4 aromatic carbocycles. The molecule has 172 valence electrons. The third kappa shape index (κ3) is 5.04. The fraction of sp³-hybridized carbons (Fsp3) is 0.0357. The Kier molecular flexibility index (Phi) is 6.21. The summed E-state index contributed by atoms with van der Waals surface area (Å²) < 4.78 is 10.8. The summed E-state index contributed by atoms with van der Waals surface area (Å²) in [5.41, 5.74) is 4.50. The van der Waals surface area contributed by atoms with Gasteiger partial charge in [0.1, 0.15) is 5.70 Å². The van der Waals surface area contributed by atoms with Crippen LogP contribution >= 0.6 is 0 Å². The molecule has 0 unspecified atom stereocenters. The molecule has 5 rings (SSSR count). The van der Waals surface area contributed by atoms with E-state index in [0.717, 1.165) is 16.3 Å². The van der Waals surface area contributed by atoms with Crippen molar-refractivity contribution >= 4 is 34.9 Å². The normalized spacial score (nSPS) is 12.6. The molecule has 0 aromatic heterocycles. The molecule has 2 amide bonds. The lowest BCUT2D eigenvalue weighted by Crippen LogP contribution is -2.32. The van der Waals surface area contributed by atoms with E-state index < -0.39 is 11.8 Å². The summed E-state index contributed by atoms with van der Waals surface area (Å²) in [6.45, 7) is 0.142. The van der Waals surface area contributed by atoms with Crippen molar-refractivity contribution in [1.82, 2.24) is 10.7 Å². The maximum Gasteiger partial charge on any atom is 0.287 e. The molecule has 7 heteroatoms. The highest BCUT2D eigenvalue weighted by atomic mass is 16.7. The minimum absolute atomic E-state index is 0.0350. The number of hydrogen-bond donors (Lipinski definition) is 2. The molecule has 1 heterocycles. The van der Waals surface area contributed by atoms with Crippen LogP contribution in [0.15, 0.2) is 102 Å². The number of amides is 2. The average Bonchev–Trinajstić information content (AvgIpc) is 3.37. The summed E-state index contributed by atoms with van der Waals surface area (Å²) in [5, 5.41) is 8.91. The monoisotopic (exact) mass is 463 g/mol. The molecule has 35 heavy (non-hydrogen) atoms. The molecular formula is C28H21N3O4. The largest absolute Gasteiger partial charge is 0.454 e. The van der Waals surface area contributed by atoms with Gasteiger partial charge in [0.2, 0.25) is 6.79 Å². The van der Waals surface area contributed by atoms with Crippen LogP contribution in [0.25, 0.3) is 16.8 Å². The van der Waals surface area contributed by atoms with Crippen LogP contribution in [0.1, 0.15) is 21.5 Å². The predicted octanol–water partition coefficient (Wildman–Crippen LogP) is 4.49. The van der Waals surface area contributed by atoms with Gasteiger partial charge < -0.3 is 14.8 Å². The zero-order valence-corrected chi connectivity index (χ0v) is 18.6. The van der Waals surface area contributed by atoms with Crippen LogP contribution in [0.2, 0.25) is 0 Å². The van der Waals surface area contributed by atoms with Crippen molar-refractivity contribution in [2.24, 2.45) is 5.10 Å². The second-order valence-electron chi connectivity index (χ2n) is 7.76. The quantitative estimate of drug-likeness (QED) is 0.251. The average molecular weight is 463 g/mol. The molecule has 0 bridgehead atoms. The van der Waals surface area contributed by atoms with Crippen LogP contribution in [-0.2, 0) is 4.79 Å². The summed E-state index contributed by atoms with van der Waals surface area (Å²) in [7, 11) is 0. The number of hydrazone groups is 1. The van der Waals surface area contributed by atoms with Crippen molar-refractivity contribution in [3.05, 3.63) is 113 Å². The Hall–Kier alpha value is -4.91. The molecule has 2 N–H and O–H groups in total. The van der Waals surface area contributed by atoms with Crippen LogP contribution in [0, 0.1) is 0 Å². The van der Waals surface area contributed by atoms with Gasteiger partial charge in [-0.15, -0.1) is 0 Å². The van der Waals surface area contributed by atoms with E-state index in [1.165, 1.54) is 0 Å². The maximum absolute atomic E-state index is 13.0. The predicted molar refractivity (Wildman–Crippen MR) is 134 cm³/mol. The molecular weight excluding hydrogens is 442 g/mol. The van der Waals surface area contributed by atoms with Crippen LogP contribution < -0.4 is 20.2 Å². The van der Waals surface area contributed by atoms with Gasteiger partial charge in [0, 0.05) is 11.1 Å². The summed E-state index contributed by atoms with van der Waals surface area (Å²) in [6, 6.07) is 27.7. The van der Waals surface area contributed by atoms with Crippen molar-refractivity contribution in [3.8, 4) is 11.5 Å². The number of carbonyl (C=O) groups is 2. The number of fused-ring (bicyclic) bond motifs is 2. The Morgan fingerprint density at radius 1 is 0.829 bits per heavy atom. The zero-order valence-electron chi connectivity index (χ0n) is 18.6. The Morgan fingerprint density at radius 3 is 2.49 bits per heavy atom. The lowest BCUT2D eigenvalue weighted by atomic mass is 10.1. The van der Waals surface area contributed by atoms with E-state index >= 15 is 0 Å². The Bertz CT molecular complexity index is 1460. The van der Waals surface area contributed by atoms with Gasteiger partial charge in [0.25, 0.3) is 11.8 Å². The van der Waals surface area contributed by atoms with Gasteiger partial charge in [-0.05, 0) is 46.7 Å². The molecule has 4 aromatic rings. The molecule has 0 spiro atoms. The first-order chi connectivity index (χ1) is 17.2. The number of hydrogen-bond acceptors (Lipinski definition) is 5. The molecule has 1 aliphatic rings. The van der Waals surface area contributed by atoms with E-state index in [4.69, 9.17) is 9.47 Å². The van der Waals surface area contributed by atoms with Crippen LogP contribution in [-0.4, -0.2) is 24.8 Å². The van der Waals surface area contributed by atoms with Gasteiger partial charge in [-0.2, -0.15) is 5.10 Å². The zero-order chi connectivity index (χ0) is 24.0. The number of rotatable bonds is 6. The minimum Gasteiger partial charge on any atom is -0.454 e. The van der Waals surface area contributed by atoms with E-state index in [2.05, 4.69) is 15.8 Å². The van der Waals surface area contributed by atoms with E-state index in [1.54, 1.807) is 54.8 Å². The third-order valence-electron chi connectivity index (χ3n) is 5.43. The van der Waals surface area contributed by atoms with Crippen molar-refractivity contribution < 1.29 is 19.1 Å². The number of benzene rings is 4. The summed E-state index contributed by atoms with van der Waals surface area (Å²) in [5.74, 6) is 0.220. The Balaban J connectivity index is 1.39. The standard InChI is InChI=1S/C28H21N3O4/c32-27(21-8-2-1-3-9-21)30-24(15-19-13-14-25-26(16-19)35-18-34-25)28(33)31-29-17-22-11-6-10-20-7-4-5-12-23(20)22/h1-17H,18H2,(H,30,32)(H,31,33)/b24-15+,29-17-. The molecule has 0 saturated carbocycles.